The minimum atomic E-state index is -2.40. The molecule has 51 heavy (non-hydrogen) atoms. The number of carbonyl (C=O) groups is 3. The van der Waals surface area contributed by atoms with Crippen molar-refractivity contribution in [2.75, 3.05) is 19.0 Å². The van der Waals surface area contributed by atoms with E-state index in [1.54, 1.807) is 23.8 Å². The van der Waals surface area contributed by atoms with Gasteiger partial charge < -0.3 is 14.8 Å². The molecule has 0 saturated carbocycles. The number of nitrogens with zero attached hydrogens (tertiary/aromatic N) is 1. The smallest absolute Gasteiger partial charge is 0.355 e. The van der Waals surface area contributed by atoms with Crippen molar-refractivity contribution in [1.29, 1.82) is 0 Å². The molecule has 7 nitrogen and oxygen atoms in total. The topological polar surface area (TPSA) is 84.9 Å². The van der Waals surface area contributed by atoms with Gasteiger partial charge >= 0.3 is 5.97 Å². The van der Waals surface area contributed by atoms with E-state index in [1.807, 2.05) is 72.8 Å². The number of amides is 2. The zero-order valence-corrected chi connectivity index (χ0v) is 29.9. The second-order valence-electron chi connectivity index (χ2n) is 12.5. The summed E-state index contributed by atoms with van der Waals surface area (Å²) < 4.78 is 11.3. The minimum Gasteiger partial charge on any atom is -0.497 e. The number of ether oxygens (including phenoxy) is 2. The van der Waals surface area contributed by atoms with E-state index in [2.05, 4.69) is 78.1 Å². The van der Waals surface area contributed by atoms with Crippen LogP contribution in [0.2, 0.25) is 0 Å². The Balaban J connectivity index is 1.27. The molecule has 2 atom stereocenters. The van der Waals surface area contributed by atoms with Crippen molar-refractivity contribution in [3.8, 4) is 5.75 Å². The summed E-state index contributed by atoms with van der Waals surface area (Å²) >= 11 is 1.58. The maximum Gasteiger partial charge on any atom is 0.355 e. The standard InChI is InChI=1S/C42H37N2O5PS/c1-48-33-24-22-31(23-25-33)27-49-42(47)39-32(29-51-41-38(40(46)44(39)41)43-37(45)26-30-14-6-2-7-15-30)28-50(34-16-8-3-9-17-34,35-18-10-4-11-19-35)36-20-12-5-13-21-36/h2-25,38,41H,26-29H2,1H3/p+1/t38?,41-/m0/s1. The van der Waals surface area contributed by atoms with Crippen LogP contribution in [-0.4, -0.2) is 53.1 Å². The fourth-order valence-electron chi connectivity index (χ4n) is 6.79. The maximum absolute atomic E-state index is 14.3. The Bertz CT molecular complexity index is 1930. The summed E-state index contributed by atoms with van der Waals surface area (Å²) in [5.74, 6) is 0.101. The van der Waals surface area contributed by atoms with Crippen LogP contribution in [0.1, 0.15) is 11.1 Å². The Hall–Kier alpha value is -5.17. The highest BCUT2D eigenvalue weighted by Crippen LogP contribution is 2.58. The summed E-state index contributed by atoms with van der Waals surface area (Å²) in [6.07, 6.45) is 0.699. The van der Waals surface area contributed by atoms with E-state index >= 15 is 0 Å². The third kappa shape index (κ3) is 7.07. The van der Waals surface area contributed by atoms with E-state index in [0.717, 1.165) is 16.7 Å². The van der Waals surface area contributed by atoms with Crippen molar-refractivity contribution in [3.63, 3.8) is 0 Å². The largest absolute Gasteiger partial charge is 0.497 e. The molecule has 5 aromatic carbocycles. The molecular weight excluding hydrogens is 676 g/mol. The predicted molar refractivity (Wildman–Crippen MR) is 205 cm³/mol. The van der Waals surface area contributed by atoms with Gasteiger partial charge in [0.25, 0.3) is 5.91 Å². The van der Waals surface area contributed by atoms with E-state index in [-0.39, 0.29) is 30.5 Å². The molecule has 256 valence electrons. The lowest BCUT2D eigenvalue weighted by Gasteiger charge is -2.50. The third-order valence-electron chi connectivity index (χ3n) is 9.31. The van der Waals surface area contributed by atoms with E-state index in [1.165, 1.54) is 15.9 Å². The van der Waals surface area contributed by atoms with Crippen molar-refractivity contribution < 1.29 is 23.9 Å². The third-order valence-corrected chi connectivity index (χ3v) is 15.0. The Morgan fingerprint density at radius 3 is 1.80 bits per heavy atom. The van der Waals surface area contributed by atoms with Gasteiger partial charge in [-0.05, 0) is 59.7 Å². The molecule has 7 rings (SSSR count). The molecule has 9 heteroatoms. The van der Waals surface area contributed by atoms with E-state index in [9.17, 15) is 14.4 Å². The van der Waals surface area contributed by atoms with Crippen molar-refractivity contribution in [1.82, 2.24) is 10.2 Å². The number of rotatable bonds is 12. The van der Waals surface area contributed by atoms with Crippen LogP contribution in [-0.2, 0) is 32.1 Å². The van der Waals surface area contributed by atoms with E-state index in [4.69, 9.17) is 9.47 Å². The van der Waals surface area contributed by atoms with E-state index < -0.39 is 24.6 Å². The van der Waals surface area contributed by atoms with Gasteiger partial charge in [0.2, 0.25) is 5.91 Å². The first kappa shape index (κ1) is 34.3. The number of carbonyl (C=O) groups excluding carboxylic acids is 3. The second-order valence-corrected chi connectivity index (χ2v) is 17.1. The molecule has 1 unspecified atom stereocenters. The van der Waals surface area contributed by atoms with Crippen LogP contribution >= 0.6 is 19.0 Å². The number of benzene rings is 5. The number of fused-ring (bicyclic) bond motifs is 1. The first-order valence-electron chi connectivity index (χ1n) is 16.8. The minimum absolute atomic E-state index is 0.0348. The fourth-order valence-corrected chi connectivity index (χ4v) is 12.6. The molecule has 0 bridgehead atoms. The normalized spacial score (nSPS) is 16.9. The lowest BCUT2D eigenvalue weighted by Crippen LogP contribution is -2.70. The van der Waals surface area contributed by atoms with Gasteiger partial charge in [-0.1, -0.05) is 97.1 Å². The molecule has 1 saturated heterocycles. The number of nitrogens with one attached hydrogen (secondary N) is 1. The first-order valence-corrected chi connectivity index (χ1v) is 19.8. The highest BCUT2D eigenvalue weighted by Gasteiger charge is 2.56. The maximum atomic E-state index is 14.3. The van der Waals surface area contributed by atoms with E-state index in [0.29, 0.717) is 17.7 Å². The molecule has 2 aliphatic heterocycles. The monoisotopic (exact) mass is 713 g/mol. The Kier molecular flexibility index (Phi) is 10.3. The van der Waals surface area contributed by atoms with Gasteiger partial charge in [-0.15, -0.1) is 11.8 Å². The number of hydrogen-bond donors (Lipinski definition) is 1. The van der Waals surface area contributed by atoms with Crippen LogP contribution < -0.4 is 26.0 Å². The van der Waals surface area contributed by atoms with Crippen LogP contribution in [0.4, 0.5) is 0 Å². The quantitative estimate of drug-likeness (QED) is 0.103. The summed E-state index contributed by atoms with van der Waals surface area (Å²) in [6.45, 7) is 0.0348. The SMILES string of the molecule is COc1ccc(COC(=O)C2=C(C[P+](c3ccccc3)(c3ccccc3)c3ccccc3)CS[C@H]3C(NC(=O)Cc4ccccc4)C(=O)N23)cc1. The molecular formula is C42H38N2O5PS+. The van der Waals surface area contributed by atoms with Crippen LogP contribution in [0.15, 0.2) is 157 Å². The predicted octanol–water partition coefficient (Wildman–Crippen LogP) is 5.63. The van der Waals surface area contributed by atoms with Gasteiger partial charge in [0.15, 0.2) is 0 Å². The fraction of sp³-hybridized carbons (Fsp3) is 0.167. The number of β-lactam (4-membered cyclic amide) rings is 1. The molecule has 2 heterocycles. The zero-order valence-electron chi connectivity index (χ0n) is 28.2. The Morgan fingerprint density at radius 2 is 1.27 bits per heavy atom. The number of methoxy groups -OCH3 is 1. The average molecular weight is 714 g/mol. The van der Waals surface area contributed by atoms with Crippen molar-refractivity contribution in [2.45, 2.75) is 24.4 Å². The molecule has 5 aromatic rings. The number of hydrogen-bond acceptors (Lipinski definition) is 6. The zero-order chi connectivity index (χ0) is 35.2. The molecule has 0 spiro atoms. The Morgan fingerprint density at radius 1 is 0.745 bits per heavy atom. The first-order chi connectivity index (χ1) is 25.0. The molecule has 1 fully saturated rings. The number of thioether (sulfide) groups is 1. The Labute approximate surface area is 303 Å². The number of esters is 1. The van der Waals surface area contributed by atoms with Crippen molar-refractivity contribution in [3.05, 3.63) is 168 Å². The molecule has 0 aromatic heterocycles. The summed E-state index contributed by atoms with van der Waals surface area (Å²) in [7, 11) is -0.802. The van der Waals surface area contributed by atoms with Gasteiger partial charge in [-0.25, -0.2) is 4.79 Å². The van der Waals surface area contributed by atoms with Gasteiger partial charge in [0.05, 0.1) is 19.7 Å². The molecule has 2 aliphatic rings. The van der Waals surface area contributed by atoms with Crippen molar-refractivity contribution in [2.24, 2.45) is 0 Å². The molecule has 2 amide bonds. The van der Waals surface area contributed by atoms with Gasteiger partial charge in [-0.3, -0.25) is 14.5 Å². The lowest BCUT2D eigenvalue weighted by molar-refractivity contribution is -0.153. The van der Waals surface area contributed by atoms with Gasteiger partial charge in [0.1, 0.15) is 52.6 Å². The molecule has 0 radical (unpaired) electrons. The van der Waals surface area contributed by atoms with Gasteiger partial charge in [-0.2, -0.15) is 0 Å². The highest BCUT2D eigenvalue weighted by molar-refractivity contribution is 8.00. The van der Waals surface area contributed by atoms with Crippen LogP contribution in [0.5, 0.6) is 5.75 Å². The van der Waals surface area contributed by atoms with Crippen LogP contribution in [0.25, 0.3) is 0 Å². The second kappa shape index (κ2) is 15.4. The van der Waals surface area contributed by atoms with Gasteiger partial charge in [0, 0.05) is 11.3 Å². The summed E-state index contributed by atoms with van der Waals surface area (Å²) in [6, 6.07) is 47.4. The highest BCUT2D eigenvalue weighted by atomic mass is 32.2. The lowest BCUT2D eigenvalue weighted by atomic mass is 10.0. The van der Waals surface area contributed by atoms with Crippen molar-refractivity contribution >= 4 is 52.7 Å². The summed E-state index contributed by atoms with van der Waals surface area (Å²) in [5, 5.41) is 6.05. The summed E-state index contributed by atoms with van der Waals surface area (Å²) in [4.78, 5) is 43.0. The van der Waals surface area contributed by atoms with Crippen LogP contribution in [0, 0.1) is 0 Å². The molecule has 0 aliphatic carbocycles. The molecule has 1 N–H and O–H groups in total. The van der Waals surface area contributed by atoms with Crippen LogP contribution in [0.3, 0.4) is 0 Å². The average Bonchev–Trinajstić information content (AvgIpc) is 3.19. The summed E-state index contributed by atoms with van der Waals surface area (Å²) in [5.41, 5.74) is 2.79.